The molecule has 220 valence electrons. The Balaban J connectivity index is 1.24. The van der Waals surface area contributed by atoms with E-state index in [0.717, 1.165) is 53.1 Å². The van der Waals surface area contributed by atoms with Gasteiger partial charge in [0.25, 0.3) is 5.91 Å². The third-order valence-electron chi connectivity index (χ3n) is 9.56. The Morgan fingerprint density at radius 1 is 1.05 bits per heavy atom. The Morgan fingerprint density at radius 3 is 2.56 bits per heavy atom. The summed E-state index contributed by atoms with van der Waals surface area (Å²) >= 11 is 1.72. The first kappa shape index (κ1) is 27.7. The van der Waals surface area contributed by atoms with E-state index < -0.39 is 11.5 Å². The molecule has 5 aromatic rings. The van der Waals surface area contributed by atoms with E-state index in [0.29, 0.717) is 11.6 Å². The number of carboxylic acids is 1. The molecule has 2 aliphatic carbocycles. The molecule has 0 aliphatic heterocycles. The van der Waals surface area contributed by atoms with Gasteiger partial charge in [-0.15, -0.1) is 0 Å². The maximum absolute atomic E-state index is 13.9. The summed E-state index contributed by atoms with van der Waals surface area (Å²) in [6.07, 6.45) is 11.6. The van der Waals surface area contributed by atoms with Gasteiger partial charge in [0.2, 0.25) is 0 Å². The molecule has 2 aliphatic rings. The highest BCUT2D eigenvalue weighted by Gasteiger charge is 2.44. The van der Waals surface area contributed by atoms with Crippen molar-refractivity contribution in [3.8, 4) is 11.3 Å². The van der Waals surface area contributed by atoms with Crippen LogP contribution in [0.5, 0.6) is 0 Å². The maximum Gasteiger partial charge on any atom is 0.328 e. The van der Waals surface area contributed by atoms with Crippen molar-refractivity contribution in [2.24, 2.45) is 7.05 Å². The minimum absolute atomic E-state index is 0.0827. The third kappa shape index (κ3) is 4.78. The highest BCUT2D eigenvalue weighted by Crippen LogP contribution is 2.43. The molecule has 3 aromatic heterocycles. The van der Waals surface area contributed by atoms with Crippen molar-refractivity contribution in [2.75, 3.05) is 0 Å². The minimum atomic E-state index is -0.983. The number of hydrogen-bond acceptors (Lipinski definition) is 4. The van der Waals surface area contributed by atoms with E-state index in [1.165, 1.54) is 54.4 Å². The Kier molecular flexibility index (Phi) is 6.96. The lowest BCUT2D eigenvalue weighted by Crippen LogP contribution is -2.52. The summed E-state index contributed by atoms with van der Waals surface area (Å²) in [6.45, 7) is 2.20. The highest BCUT2D eigenvalue weighted by molar-refractivity contribution is 7.08. The van der Waals surface area contributed by atoms with Gasteiger partial charge in [-0.05, 0) is 98.0 Å². The smallest absolute Gasteiger partial charge is 0.328 e. The largest absolute Gasteiger partial charge is 0.478 e. The number of fused-ring (bicyclic) bond motifs is 2. The topological polar surface area (TPSA) is 89.2 Å². The van der Waals surface area contributed by atoms with Gasteiger partial charge < -0.3 is 19.6 Å². The fourth-order valence-electron chi connectivity index (χ4n) is 7.22. The number of thiophene rings is 1. The number of amides is 1. The van der Waals surface area contributed by atoms with Crippen molar-refractivity contribution in [3.05, 3.63) is 81.8 Å². The molecule has 0 atom stereocenters. The average molecular weight is 593 g/mol. The first-order chi connectivity index (χ1) is 20.8. The quantitative estimate of drug-likeness (QED) is 0.188. The van der Waals surface area contributed by atoms with Crippen molar-refractivity contribution < 1.29 is 14.7 Å². The number of aromatic nitrogens is 3. The van der Waals surface area contributed by atoms with Crippen LogP contribution >= 0.6 is 11.3 Å². The number of aliphatic carboxylic acids is 1. The predicted octanol–water partition coefficient (Wildman–Crippen LogP) is 7.98. The van der Waals surface area contributed by atoms with Gasteiger partial charge in [0.05, 0.1) is 22.3 Å². The molecule has 3 heterocycles. The fraction of sp³-hybridized carbons (Fsp3) is 0.343. The Hall–Kier alpha value is -4.17. The van der Waals surface area contributed by atoms with Crippen LogP contribution in [0.3, 0.4) is 0 Å². The van der Waals surface area contributed by atoms with Gasteiger partial charge in [-0.25, -0.2) is 9.78 Å². The van der Waals surface area contributed by atoms with Gasteiger partial charge in [0, 0.05) is 46.6 Å². The predicted molar refractivity (Wildman–Crippen MR) is 172 cm³/mol. The normalized spacial score (nSPS) is 17.1. The van der Waals surface area contributed by atoms with Gasteiger partial charge in [0.15, 0.2) is 0 Å². The Morgan fingerprint density at radius 2 is 1.86 bits per heavy atom. The molecule has 1 amide bonds. The first-order valence-electron chi connectivity index (χ1n) is 15.2. The van der Waals surface area contributed by atoms with Crippen LogP contribution in [0.4, 0.5) is 0 Å². The van der Waals surface area contributed by atoms with Crippen LogP contribution in [-0.4, -0.2) is 31.1 Å². The number of carbonyl (C=O) groups is 2. The third-order valence-corrected chi connectivity index (χ3v) is 10.2. The van der Waals surface area contributed by atoms with Crippen molar-refractivity contribution >= 4 is 51.2 Å². The monoisotopic (exact) mass is 592 g/mol. The molecule has 43 heavy (non-hydrogen) atoms. The van der Waals surface area contributed by atoms with Crippen LogP contribution in [0.2, 0.25) is 0 Å². The van der Waals surface area contributed by atoms with Crippen LogP contribution in [0.1, 0.15) is 84.7 Å². The molecule has 0 spiro atoms. The SMILES string of the molecule is Cc1c(-c2ccsc2)n(C2CCCCC2)c2ccc(C(=O)NC3(c4nc5ccc(/C=C/C(=O)O)cc5n4C)CCC3)cc12. The van der Waals surface area contributed by atoms with Crippen molar-refractivity contribution in [1.29, 1.82) is 0 Å². The summed E-state index contributed by atoms with van der Waals surface area (Å²) in [5.41, 5.74) is 7.64. The second-order valence-electron chi connectivity index (χ2n) is 12.2. The van der Waals surface area contributed by atoms with Gasteiger partial charge in [0.1, 0.15) is 5.82 Å². The van der Waals surface area contributed by atoms with E-state index in [9.17, 15) is 9.59 Å². The molecule has 2 fully saturated rings. The molecule has 0 bridgehead atoms. The lowest BCUT2D eigenvalue weighted by atomic mass is 9.75. The van der Waals surface area contributed by atoms with Gasteiger partial charge in [-0.3, -0.25) is 4.79 Å². The zero-order valence-corrected chi connectivity index (χ0v) is 25.4. The van der Waals surface area contributed by atoms with Crippen LogP contribution in [0, 0.1) is 6.92 Å². The summed E-state index contributed by atoms with van der Waals surface area (Å²) in [5, 5.41) is 17.9. The number of rotatable bonds is 7. The lowest BCUT2D eigenvalue weighted by molar-refractivity contribution is -0.131. The number of imidazole rings is 1. The van der Waals surface area contributed by atoms with E-state index in [1.54, 1.807) is 17.4 Å². The average Bonchev–Trinajstić information content (AvgIpc) is 3.71. The molecular weight excluding hydrogens is 556 g/mol. The summed E-state index contributed by atoms with van der Waals surface area (Å²) < 4.78 is 4.60. The summed E-state index contributed by atoms with van der Waals surface area (Å²) in [5.74, 6) is -0.230. The summed E-state index contributed by atoms with van der Waals surface area (Å²) in [6, 6.07) is 14.6. The summed E-state index contributed by atoms with van der Waals surface area (Å²) in [7, 11) is 1.97. The van der Waals surface area contributed by atoms with Crippen molar-refractivity contribution in [2.45, 2.75) is 69.9 Å². The first-order valence-corrected chi connectivity index (χ1v) is 16.2. The summed E-state index contributed by atoms with van der Waals surface area (Å²) in [4.78, 5) is 29.9. The number of carbonyl (C=O) groups excluding carboxylic acids is 1. The number of nitrogens with one attached hydrogen (secondary N) is 1. The Labute approximate surface area is 254 Å². The molecular formula is C35H36N4O3S. The van der Waals surface area contributed by atoms with E-state index in [2.05, 4.69) is 45.8 Å². The number of carboxylic acid groups (broad SMARTS) is 1. The number of nitrogens with zero attached hydrogens (tertiary/aromatic N) is 3. The van der Waals surface area contributed by atoms with Crippen molar-refractivity contribution in [3.63, 3.8) is 0 Å². The minimum Gasteiger partial charge on any atom is -0.478 e. The zero-order valence-electron chi connectivity index (χ0n) is 24.6. The highest BCUT2D eigenvalue weighted by atomic mass is 32.1. The van der Waals surface area contributed by atoms with Crippen LogP contribution < -0.4 is 5.32 Å². The molecule has 8 heteroatoms. The van der Waals surface area contributed by atoms with Gasteiger partial charge in [-0.1, -0.05) is 25.3 Å². The zero-order chi connectivity index (χ0) is 29.7. The molecule has 2 N–H and O–H groups in total. The van der Waals surface area contributed by atoms with Crippen LogP contribution in [-0.2, 0) is 17.4 Å². The second kappa shape index (κ2) is 10.8. The molecule has 0 saturated heterocycles. The van der Waals surface area contributed by atoms with E-state index in [-0.39, 0.29) is 5.91 Å². The van der Waals surface area contributed by atoms with Gasteiger partial charge in [-0.2, -0.15) is 11.3 Å². The van der Waals surface area contributed by atoms with Crippen LogP contribution in [0.15, 0.2) is 59.3 Å². The standard InChI is InChI=1S/C35H36N4O3S/c1-22-27-20-24(11-13-29(27)39(26-7-4-3-5-8-26)32(22)25-15-18-43-21-25)33(42)37-35(16-6-17-35)34-36-28-12-9-23(10-14-31(40)41)19-30(28)38(34)2/h9-15,18-21,26H,3-8,16-17H2,1-2H3,(H,37,42)(H,40,41)/b14-10+. The molecule has 2 aromatic carbocycles. The van der Waals surface area contributed by atoms with E-state index in [4.69, 9.17) is 10.1 Å². The Bertz CT molecular complexity index is 1890. The van der Waals surface area contributed by atoms with E-state index in [1.807, 2.05) is 35.9 Å². The van der Waals surface area contributed by atoms with Crippen LogP contribution in [0.25, 0.3) is 39.3 Å². The number of hydrogen-bond donors (Lipinski definition) is 2. The molecule has 0 unspecified atom stereocenters. The second-order valence-corrected chi connectivity index (χ2v) is 13.0. The number of benzene rings is 2. The molecule has 7 rings (SSSR count). The fourth-order valence-corrected chi connectivity index (χ4v) is 7.86. The van der Waals surface area contributed by atoms with Crippen molar-refractivity contribution in [1.82, 2.24) is 19.4 Å². The maximum atomic E-state index is 13.9. The van der Waals surface area contributed by atoms with E-state index >= 15 is 0 Å². The number of aryl methyl sites for hydroxylation is 2. The van der Waals surface area contributed by atoms with Gasteiger partial charge >= 0.3 is 5.97 Å². The lowest BCUT2D eigenvalue weighted by Gasteiger charge is -2.41. The molecule has 7 nitrogen and oxygen atoms in total. The molecule has 2 saturated carbocycles. The molecule has 0 radical (unpaired) electrons.